The van der Waals surface area contributed by atoms with Crippen LogP contribution >= 0.6 is 24.0 Å². The van der Waals surface area contributed by atoms with Crippen LogP contribution in [0.4, 0.5) is 0 Å². The van der Waals surface area contributed by atoms with E-state index in [4.69, 9.17) is 17.0 Å². The van der Waals surface area contributed by atoms with E-state index in [9.17, 15) is 0 Å². The number of nitrogens with zero attached hydrogens (tertiary/aromatic N) is 3. The Balaban J connectivity index is 1.92. The molecule has 0 aliphatic carbocycles. The summed E-state index contributed by atoms with van der Waals surface area (Å²) in [6, 6.07) is 15.9. The zero-order valence-corrected chi connectivity index (χ0v) is 15.6. The fourth-order valence-corrected chi connectivity index (χ4v) is 2.88. The molecule has 0 amide bonds. The second-order valence-electron chi connectivity index (χ2n) is 5.14. The van der Waals surface area contributed by atoms with Crippen molar-refractivity contribution in [1.29, 1.82) is 0 Å². The largest absolute Gasteiger partial charge is 0.494 e. The van der Waals surface area contributed by atoms with E-state index in [1.165, 1.54) is 4.90 Å². The summed E-state index contributed by atoms with van der Waals surface area (Å²) in [6.07, 6.45) is 3.82. The number of hydrogen-bond acceptors (Lipinski definition) is 5. The van der Waals surface area contributed by atoms with Crippen LogP contribution in [0.2, 0.25) is 0 Å². The number of hydrogen-bond donors (Lipinski definition) is 1. The number of ether oxygens (including phenoxy) is 1. The van der Waals surface area contributed by atoms with Crippen LogP contribution in [-0.2, 0) is 0 Å². The van der Waals surface area contributed by atoms with Crippen molar-refractivity contribution in [2.45, 2.75) is 11.8 Å². The average molecular weight is 371 g/mol. The quantitative estimate of drug-likeness (QED) is 0.391. The minimum atomic E-state index is 0.439. The van der Waals surface area contributed by atoms with E-state index in [-0.39, 0.29) is 0 Å². The maximum absolute atomic E-state index is 5.55. The van der Waals surface area contributed by atoms with Crippen molar-refractivity contribution < 1.29 is 4.74 Å². The Morgan fingerprint density at radius 1 is 1.28 bits per heavy atom. The Labute approximate surface area is 155 Å². The van der Waals surface area contributed by atoms with Crippen molar-refractivity contribution in [1.82, 2.24) is 14.9 Å². The first-order valence-corrected chi connectivity index (χ1v) is 9.43. The highest BCUT2D eigenvalue weighted by Crippen LogP contribution is 2.22. The highest BCUT2D eigenvalue weighted by molar-refractivity contribution is 7.98. The standard InChI is InChI=1S/C18H18N4OS2/c1-3-23-15-6-4-5-14(11-15)17-20-21-18(24)22(17)19-12-13-7-9-16(25-2)10-8-13/h4-12H,3H2,1-2H3,(H,21,24)/b19-12+. The fourth-order valence-electron chi connectivity index (χ4n) is 2.29. The summed E-state index contributed by atoms with van der Waals surface area (Å²) >= 11 is 7.02. The molecule has 3 aromatic rings. The molecule has 0 spiro atoms. The minimum Gasteiger partial charge on any atom is -0.494 e. The molecule has 3 rings (SSSR count). The van der Waals surface area contributed by atoms with Gasteiger partial charge in [-0.1, -0.05) is 24.3 Å². The van der Waals surface area contributed by atoms with Gasteiger partial charge in [0, 0.05) is 10.5 Å². The third kappa shape index (κ3) is 4.18. The summed E-state index contributed by atoms with van der Waals surface area (Å²) in [6.45, 7) is 2.57. The number of benzene rings is 2. The van der Waals surface area contributed by atoms with Gasteiger partial charge in [0.25, 0.3) is 0 Å². The van der Waals surface area contributed by atoms with Crippen LogP contribution in [0.25, 0.3) is 11.4 Å². The van der Waals surface area contributed by atoms with E-state index in [1.807, 2.05) is 43.3 Å². The van der Waals surface area contributed by atoms with E-state index in [1.54, 1.807) is 22.7 Å². The maximum Gasteiger partial charge on any atom is 0.216 e. The zero-order valence-electron chi connectivity index (χ0n) is 14.0. The summed E-state index contributed by atoms with van der Waals surface area (Å²) in [4.78, 5) is 1.21. The lowest BCUT2D eigenvalue weighted by Crippen LogP contribution is -1.96. The summed E-state index contributed by atoms with van der Waals surface area (Å²) in [5.74, 6) is 1.43. The van der Waals surface area contributed by atoms with E-state index < -0.39 is 0 Å². The second-order valence-corrected chi connectivity index (χ2v) is 6.41. The predicted octanol–water partition coefficient (Wildman–Crippen LogP) is 4.61. The first-order valence-electron chi connectivity index (χ1n) is 7.80. The van der Waals surface area contributed by atoms with Crippen molar-refractivity contribution in [3.05, 3.63) is 58.9 Å². The van der Waals surface area contributed by atoms with E-state index >= 15 is 0 Å². The molecule has 1 heterocycles. The van der Waals surface area contributed by atoms with Crippen molar-refractivity contribution in [2.24, 2.45) is 5.10 Å². The molecule has 0 aliphatic rings. The molecule has 1 aromatic heterocycles. The molecular weight excluding hydrogens is 352 g/mol. The van der Waals surface area contributed by atoms with Crippen LogP contribution in [-0.4, -0.2) is 34.0 Å². The Kier molecular flexibility index (Phi) is 5.67. The molecule has 0 aliphatic heterocycles. The number of thioether (sulfide) groups is 1. The summed E-state index contributed by atoms with van der Waals surface area (Å²) in [7, 11) is 0. The SMILES string of the molecule is CCOc1cccc(-c2n[nH]c(=S)n2/N=C/c2ccc(SC)cc2)c1. The fraction of sp³-hybridized carbons (Fsp3) is 0.167. The number of aromatic nitrogens is 3. The summed E-state index contributed by atoms with van der Waals surface area (Å²) < 4.78 is 7.60. The predicted molar refractivity (Wildman–Crippen MR) is 105 cm³/mol. The molecule has 0 saturated heterocycles. The van der Waals surface area contributed by atoms with Gasteiger partial charge >= 0.3 is 0 Å². The molecule has 7 heteroatoms. The van der Waals surface area contributed by atoms with E-state index in [2.05, 4.69) is 33.7 Å². The molecule has 0 bridgehead atoms. The van der Waals surface area contributed by atoms with Gasteiger partial charge < -0.3 is 4.74 Å². The molecule has 0 fully saturated rings. The van der Waals surface area contributed by atoms with Gasteiger partial charge in [-0.25, -0.2) is 5.10 Å². The Bertz CT molecular complexity index is 929. The highest BCUT2D eigenvalue weighted by atomic mass is 32.2. The minimum absolute atomic E-state index is 0.439. The van der Waals surface area contributed by atoms with Crippen molar-refractivity contribution >= 4 is 30.2 Å². The van der Waals surface area contributed by atoms with Gasteiger partial charge in [0.05, 0.1) is 12.8 Å². The van der Waals surface area contributed by atoms with E-state index in [0.717, 1.165) is 16.9 Å². The summed E-state index contributed by atoms with van der Waals surface area (Å²) in [5.41, 5.74) is 1.88. The Morgan fingerprint density at radius 3 is 2.80 bits per heavy atom. The van der Waals surface area contributed by atoms with Gasteiger partial charge in [0.15, 0.2) is 5.82 Å². The van der Waals surface area contributed by atoms with Gasteiger partial charge in [-0.05, 0) is 55.2 Å². The number of rotatable bonds is 6. The average Bonchev–Trinajstić information content (AvgIpc) is 3.01. The Hall–Kier alpha value is -2.38. The summed E-state index contributed by atoms with van der Waals surface area (Å²) in [5, 5.41) is 11.6. The third-order valence-corrected chi connectivity index (χ3v) is 4.50. The van der Waals surface area contributed by atoms with Crippen LogP contribution in [0, 0.1) is 4.77 Å². The van der Waals surface area contributed by atoms with E-state index in [0.29, 0.717) is 17.2 Å². The molecule has 0 unspecified atom stereocenters. The number of nitrogens with one attached hydrogen (secondary N) is 1. The molecule has 128 valence electrons. The van der Waals surface area contributed by atoms with Gasteiger partial charge in [-0.2, -0.15) is 14.9 Å². The molecule has 2 aromatic carbocycles. The normalized spacial score (nSPS) is 11.1. The Morgan fingerprint density at radius 2 is 2.08 bits per heavy atom. The molecule has 0 radical (unpaired) electrons. The maximum atomic E-state index is 5.55. The molecule has 0 saturated carbocycles. The molecule has 25 heavy (non-hydrogen) atoms. The molecular formula is C18H18N4OS2. The van der Waals surface area contributed by atoms with Crippen LogP contribution in [0.15, 0.2) is 58.5 Å². The van der Waals surface area contributed by atoms with Gasteiger partial charge in [-0.3, -0.25) is 0 Å². The van der Waals surface area contributed by atoms with Gasteiger partial charge in [0.1, 0.15) is 5.75 Å². The zero-order chi connectivity index (χ0) is 17.6. The number of H-pyrrole nitrogens is 1. The smallest absolute Gasteiger partial charge is 0.216 e. The molecule has 1 N–H and O–H groups in total. The number of aromatic amines is 1. The van der Waals surface area contributed by atoms with Gasteiger partial charge in [0.2, 0.25) is 4.77 Å². The topological polar surface area (TPSA) is 55.2 Å². The van der Waals surface area contributed by atoms with Gasteiger partial charge in [-0.15, -0.1) is 11.8 Å². The van der Waals surface area contributed by atoms with Crippen molar-refractivity contribution in [3.8, 4) is 17.1 Å². The monoisotopic (exact) mass is 370 g/mol. The third-order valence-electron chi connectivity index (χ3n) is 3.49. The highest BCUT2D eigenvalue weighted by Gasteiger charge is 2.09. The van der Waals surface area contributed by atoms with Crippen molar-refractivity contribution in [3.63, 3.8) is 0 Å². The molecule has 5 nitrogen and oxygen atoms in total. The van der Waals surface area contributed by atoms with Crippen molar-refractivity contribution in [2.75, 3.05) is 12.9 Å². The molecule has 0 atom stereocenters. The lowest BCUT2D eigenvalue weighted by atomic mass is 10.2. The van der Waals surface area contributed by atoms with Crippen LogP contribution < -0.4 is 4.74 Å². The van der Waals surface area contributed by atoms with Crippen LogP contribution in [0.3, 0.4) is 0 Å². The lowest BCUT2D eigenvalue weighted by molar-refractivity contribution is 0.340. The first-order chi connectivity index (χ1) is 12.2. The first kappa shape index (κ1) is 17.4. The lowest BCUT2D eigenvalue weighted by Gasteiger charge is -2.05. The van der Waals surface area contributed by atoms with Crippen LogP contribution in [0.5, 0.6) is 5.75 Å². The second kappa shape index (κ2) is 8.13. The van der Waals surface area contributed by atoms with Crippen LogP contribution in [0.1, 0.15) is 12.5 Å².